The van der Waals surface area contributed by atoms with Crippen molar-refractivity contribution in [1.82, 2.24) is 5.32 Å². The van der Waals surface area contributed by atoms with Crippen LogP contribution in [0, 0.1) is 12.8 Å². The minimum Gasteiger partial charge on any atom is -0.382 e. The van der Waals surface area contributed by atoms with Crippen LogP contribution < -0.4 is 10.6 Å². The molecule has 1 heterocycles. The summed E-state index contributed by atoms with van der Waals surface area (Å²) in [6.07, 6.45) is 9.45. The predicted molar refractivity (Wildman–Crippen MR) is 91.2 cm³/mol. The van der Waals surface area contributed by atoms with Crippen LogP contribution in [-0.4, -0.2) is 18.6 Å². The Labute approximate surface area is 133 Å². The van der Waals surface area contributed by atoms with Gasteiger partial charge >= 0.3 is 0 Å². The molecule has 1 aromatic carbocycles. The molecule has 2 N–H and O–H groups in total. The van der Waals surface area contributed by atoms with Crippen LogP contribution >= 0.6 is 11.6 Å². The SMILES string of the molecule is Cc1ccc(NC2CCCCC2C2CCCCN2)cc1Cl. The maximum Gasteiger partial charge on any atom is 0.0455 e. The van der Waals surface area contributed by atoms with Crippen molar-refractivity contribution in [3.63, 3.8) is 0 Å². The molecule has 0 bridgehead atoms. The van der Waals surface area contributed by atoms with Gasteiger partial charge in [0, 0.05) is 22.8 Å². The van der Waals surface area contributed by atoms with Gasteiger partial charge in [-0.2, -0.15) is 0 Å². The van der Waals surface area contributed by atoms with Gasteiger partial charge in [0.2, 0.25) is 0 Å². The summed E-state index contributed by atoms with van der Waals surface area (Å²) in [4.78, 5) is 0. The molecule has 1 aliphatic carbocycles. The first-order chi connectivity index (χ1) is 10.2. The van der Waals surface area contributed by atoms with E-state index in [2.05, 4.69) is 35.8 Å². The molecule has 2 fully saturated rings. The van der Waals surface area contributed by atoms with E-state index in [0.29, 0.717) is 12.1 Å². The van der Waals surface area contributed by atoms with E-state index in [0.717, 1.165) is 16.5 Å². The van der Waals surface area contributed by atoms with Crippen LogP contribution in [0.3, 0.4) is 0 Å². The third-order valence-corrected chi connectivity index (χ3v) is 5.62. The Morgan fingerprint density at radius 1 is 1.10 bits per heavy atom. The van der Waals surface area contributed by atoms with Crippen LogP contribution in [0.15, 0.2) is 18.2 Å². The molecule has 3 rings (SSSR count). The maximum absolute atomic E-state index is 6.26. The first kappa shape index (κ1) is 15.2. The molecule has 0 radical (unpaired) electrons. The third-order valence-electron chi connectivity index (χ3n) is 5.21. The van der Waals surface area contributed by atoms with E-state index in [1.807, 2.05) is 0 Å². The van der Waals surface area contributed by atoms with Gasteiger partial charge in [0.25, 0.3) is 0 Å². The van der Waals surface area contributed by atoms with Crippen molar-refractivity contribution < 1.29 is 0 Å². The molecule has 3 heteroatoms. The van der Waals surface area contributed by atoms with Crippen LogP contribution in [0.5, 0.6) is 0 Å². The molecule has 3 unspecified atom stereocenters. The molecule has 0 spiro atoms. The van der Waals surface area contributed by atoms with E-state index in [9.17, 15) is 0 Å². The zero-order valence-corrected chi connectivity index (χ0v) is 13.8. The average Bonchev–Trinajstić information content (AvgIpc) is 2.52. The summed E-state index contributed by atoms with van der Waals surface area (Å²) < 4.78 is 0. The topological polar surface area (TPSA) is 24.1 Å². The maximum atomic E-state index is 6.26. The molecular formula is C18H27ClN2. The zero-order chi connectivity index (χ0) is 14.7. The lowest BCUT2D eigenvalue weighted by Gasteiger charge is -2.40. The van der Waals surface area contributed by atoms with Gasteiger partial charge in [-0.25, -0.2) is 0 Å². The number of hydrogen-bond donors (Lipinski definition) is 2. The number of benzene rings is 1. The van der Waals surface area contributed by atoms with E-state index in [-0.39, 0.29) is 0 Å². The fourth-order valence-corrected chi connectivity index (χ4v) is 4.14. The summed E-state index contributed by atoms with van der Waals surface area (Å²) >= 11 is 6.26. The normalized spacial score (nSPS) is 30.1. The number of nitrogens with one attached hydrogen (secondary N) is 2. The Kier molecular flexibility index (Phi) is 5.07. The minimum absolute atomic E-state index is 0.591. The summed E-state index contributed by atoms with van der Waals surface area (Å²) in [5.74, 6) is 0.763. The number of rotatable bonds is 3. The Bertz CT molecular complexity index is 468. The molecule has 3 atom stereocenters. The first-order valence-corrected chi connectivity index (χ1v) is 8.88. The second-order valence-electron chi connectivity index (χ2n) is 6.72. The molecule has 1 aliphatic heterocycles. The highest BCUT2D eigenvalue weighted by atomic mass is 35.5. The van der Waals surface area contributed by atoms with E-state index < -0.39 is 0 Å². The van der Waals surface area contributed by atoms with Crippen LogP contribution in [0.2, 0.25) is 5.02 Å². The van der Waals surface area contributed by atoms with E-state index in [4.69, 9.17) is 11.6 Å². The fraction of sp³-hybridized carbons (Fsp3) is 0.667. The number of anilines is 1. The van der Waals surface area contributed by atoms with Crippen molar-refractivity contribution in [1.29, 1.82) is 0 Å². The van der Waals surface area contributed by atoms with Gasteiger partial charge in [0.1, 0.15) is 0 Å². The second kappa shape index (κ2) is 7.02. The quantitative estimate of drug-likeness (QED) is 0.841. The van der Waals surface area contributed by atoms with E-state index in [1.165, 1.54) is 57.2 Å². The van der Waals surface area contributed by atoms with Gasteiger partial charge in [-0.15, -0.1) is 0 Å². The van der Waals surface area contributed by atoms with Crippen molar-refractivity contribution in [2.24, 2.45) is 5.92 Å². The molecule has 1 aromatic rings. The van der Waals surface area contributed by atoms with Crippen molar-refractivity contribution >= 4 is 17.3 Å². The zero-order valence-electron chi connectivity index (χ0n) is 13.0. The molecule has 116 valence electrons. The van der Waals surface area contributed by atoms with Gasteiger partial charge in [-0.3, -0.25) is 0 Å². The van der Waals surface area contributed by atoms with Crippen LogP contribution in [-0.2, 0) is 0 Å². The van der Waals surface area contributed by atoms with E-state index >= 15 is 0 Å². The Hall–Kier alpha value is -0.730. The smallest absolute Gasteiger partial charge is 0.0455 e. The van der Waals surface area contributed by atoms with Crippen molar-refractivity contribution in [3.05, 3.63) is 28.8 Å². The average molecular weight is 307 g/mol. The highest BCUT2D eigenvalue weighted by Crippen LogP contribution is 2.33. The van der Waals surface area contributed by atoms with Crippen molar-refractivity contribution in [2.75, 3.05) is 11.9 Å². The Balaban J connectivity index is 1.69. The standard InChI is InChI=1S/C18H27ClN2/c1-13-9-10-14(12-16(13)19)21-18-8-3-2-6-15(18)17-7-4-5-11-20-17/h9-10,12,15,17-18,20-21H,2-8,11H2,1H3. The van der Waals surface area contributed by atoms with Gasteiger partial charge in [0.05, 0.1) is 0 Å². The number of hydrogen-bond acceptors (Lipinski definition) is 2. The Morgan fingerprint density at radius 2 is 1.90 bits per heavy atom. The van der Waals surface area contributed by atoms with Crippen LogP contribution in [0.4, 0.5) is 5.69 Å². The highest BCUT2D eigenvalue weighted by molar-refractivity contribution is 6.31. The minimum atomic E-state index is 0.591. The van der Waals surface area contributed by atoms with E-state index in [1.54, 1.807) is 0 Å². The lowest BCUT2D eigenvalue weighted by Crippen LogP contribution is -2.48. The molecule has 1 saturated heterocycles. The molecule has 0 aromatic heterocycles. The molecule has 2 nitrogen and oxygen atoms in total. The van der Waals surface area contributed by atoms with Crippen molar-refractivity contribution in [3.8, 4) is 0 Å². The number of aryl methyl sites for hydroxylation is 1. The molecular weight excluding hydrogens is 280 g/mol. The second-order valence-corrected chi connectivity index (χ2v) is 7.13. The number of piperidine rings is 1. The van der Waals surface area contributed by atoms with Gasteiger partial charge < -0.3 is 10.6 Å². The van der Waals surface area contributed by atoms with Gasteiger partial charge in [-0.05, 0) is 62.8 Å². The fourth-order valence-electron chi connectivity index (χ4n) is 3.96. The van der Waals surface area contributed by atoms with Crippen LogP contribution in [0.1, 0.15) is 50.5 Å². The summed E-state index contributed by atoms with van der Waals surface area (Å²) in [5, 5.41) is 8.39. The first-order valence-electron chi connectivity index (χ1n) is 8.50. The molecule has 1 saturated carbocycles. The monoisotopic (exact) mass is 306 g/mol. The highest BCUT2D eigenvalue weighted by Gasteiger charge is 2.32. The van der Waals surface area contributed by atoms with Gasteiger partial charge in [-0.1, -0.05) is 36.9 Å². The molecule has 21 heavy (non-hydrogen) atoms. The predicted octanol–water partition coefficient (Wildman–Crippen LogP) is 4.76. The molecule has 2 aliphatic rings. The van der Waals surface area contributed by atoms with Gasteiger partial charge in [0.15, 0.2) is 0 Å². The lowest BCUT2D eigenvalue weighted by atomic mass is 9.77. The summed E-state index contributed by atoms with van der Waals surface area (Å²) in [6, 6.07) is 7.66. The summed E-state index contributed by atoms with van der Waals surface area (Å²) in [5.41, 5.74) is 2.33. The Morgan fingerprint density at radius 3 is 2.67 bits per heavy atom. The van der Waals surface area contributed by atoms with Crippen molar-refractivity contribution in [2.45, 2.75) is 64.0 Å². The largest absolute Gasteiger partial charge is 0.382 e. The third kappa shape index (κ3) is 3.73. The lowest BCUT2D eigenvalue weighted by molar-refractivity contribution is 0.217. The summed E-state index contributed by atoms with van der Waals surface area (Å²) in [6.45, 7) is 3.26. The van der Waals surface area contributed by atoms with Crippen LogP contribution in [0.25, 0.3) is 0 Å². The number of halogens is 1. The molecule has 0 amide bonds. The summed E-state index contributed by atoms with van der Waals surface area (Å²) in [7, 11) is 0.